The van der Waals surface area contributed by atoms with Gasteiger partial charge in [0, 0.05) is 53.9 Å². The van der Waals surface area contributed by atoms with Crippen LogP contribution in [-0.4, -0.2) is 65.2 Å². The Bertz CT molecular complexity index is 1850. The van der Waals surface area contributed by atoms with Crippen LogP contribution in [0.1, 0.15) is 50.8 Å². The van der Waals surface area contributed by atoms with Gasteiger partial charge in [-0.15, -0.1) is 0 Å². The van der Waals surface area contributed by atoms with Crippen molar-refractivity contribution in [2.75, 3.05) is 29.9 Å². The van der Waals surface area contributed by atoms with Crippen molar-refractivity contribution in [2.24, 2.45) is 5.92 Å². The predicted octanol–water partition coefficient (Wildman–Crippen LogP) is 5.74. The molecule has 3 aromatic carbocycles. The fraction of sp³-hybridized carbons (Fsp3) is 0.351. The highest BCUT2D eigenvalue weighted by Gasteiger charge is 2.47. The first kappa shape index (κ1) is 34.4. The van der Waals surface area contributed by atoms with Gasteiger partial charge in [-0.1, -0.05) is 42.5 Å². The maximum atomic E-state index is 15.2. The number of amides is 3. The van der Waals surface area contributed by atoms with Crippen molar-refractivity contribution in [3.8, 4) is 11.8 Å². The van der Waals surface area contributed by atoms with Crippen LogP contribution in [0.3, 0.4) is 0 Å². The summed E-state index contributed by atoms with van der Waals surface area (Å²) in [6.45, 7) is 8.07. The number of nitriles is 1. The van der Waals surface area contributed by atoms with E-state index in [0.29, 0.717) is 42.3 Å². The number of hydrogen-bond donors (Lipinski definition) is 2. The smallest absolute Gasteiger partial charge is 0.410 e. The van der Waals surface area contributed by atoms with Gasteiger partial charge in [0.05, 0.1) is 18.0 Å². The summed E-state index contributed by atoms with van der Waals surface area (Å²) >= 11 is 0. The summed E-state index contributed by atoms with van der Waals surface area (Å²) < 4.78 is 41.8. The number of likely N-dealkylation sites (tertiary alicyclic amines) is 1. The number of alkyl halides is 2. The van der Waals surface area contributed by atoms with Gasteiger partial charge in [0.2, 0.25) is 5.91 Å². The molecule has 3 heterocycles. The van der Waals surface area contributed by atoms with Crippen molar-refractivity contribution in [3.63, 3.8) is 0 Å². The third kappa shape index (κ3) is 6.97. The first-order valence-corrected chi connectivity index (χ1v) is 16.3. The van der Waals surface area contributed by atoms with Gasteiger partial charge >= 0.3 is 6.09 Å². The Morgan fingerprint density at radius 2 is 1.72 bits per heavy atom. The van der Waals surface area contributed by atoms with Crippen LogP contribution in [0.5, 0.6) is 5.75 Å². The minimum Gasteiger partial charge on any atom is -0.487 e. The van der Waals surface area contributed by atoms with Crippen LogP contribution in [0.15, 0.2) is 84.7 Å². The molecule has 3 atom stereocenters. The number of nitrogens with zero attached hydrogens (tertiary/aromatic N) is 4. The Morgan fingerprint density at radius 3 is 2.40 bits per heavy atom. The number of allylic oxidation sites excluding steroid dienone is 1. The van der Waals surface area contributed by atoms with Crippen LogP contribution in [0.4, 0.5) is 25.0 Å². The van der Waals surface area contributed by atoms with Gasteiger partial charge < -0.3 is 24.7 Å². The molecule has 3 aliphatic heterocycles. The quantitative estimate of drug-likeness (QED) is 0.323. The lowest BCUT2D eigenvalue weighted by Gasteiger charge is -2.36. The zero-order chi connectivity index (χ0) is 35.8. The lowest BCUT2D eigenvalue weighted by Crippen LogP contribution is -2.53. The second-order valence-corrected chi connectivity index (χ2v) is 13.5. The van der Waals surface area contributed by atoms with E-state index in [1.165, 1.54) is 47.4 Å². The highest BCUT2D eigenvalue weighted by atomic mass is 19.3. The minimum absolute atomic E-state index is 0.135. The molecule has 2 fully saturated rings. The Labute approximate surface area is 289 Å². The highest BCUT2D eigenvalue weighted by molar-refractivity contribution is 6.05. The molecule has 0 spiro atoms. The first-order valence-electron chi connectivity index (χ1n) is 16.3. The molecule has 3 aliphatic rings. The zero-order valence-corrected chi connectivity index (χ0v) is 28.2. The van der Waals surface area contributed by atoms with E-state index in [4.69, 9.17) is 9.47 Å². The van der Waals surface area contributed by atoms with E-state index in [0.717, 1.165) is 0 Å². The van der Waals surface area contributed by atoms with Gasteiger partial charge in [-0.3, -0.25) is 14.5 Å². The van der Waals surface area contributed by atoms with Gasteiger partial charge in [-0.05, 0) is 58.0 Å². The summed E-state index contributed by atoms with van der Waals surface area (Å²) in [4.78, 5) is 42.9. The SMILES string of the molecule is CC1=CN2NC[C@H](C(=O)Nc3ccc(O[C@@H]4CCN(C(=O)OC(C)(C)C)C4)c(C#N)c3)C2C(=O)N1c1ccc(C(F)(F)c2ccccc2)cc1. The summed E-state index contributed by atoms with van der Waals surface area (Å²) in [5.74, 6) is -4.54. The van der Waals surface area contributed by atoms with E-state index < -0.39 is 41.4 Å². The van der Waals surface area contributed by atoms with E-state index in [-0.39, 0.29) is 29.3 Å². The third-order valence-electron chi connectivity index (χ3n) is 8.75. The standard InChI is InChI=1S/C37H38F2N6O5/c1-23-21-44-32(34(47)45(23)28-13-10-26(11-14-28)37(38,39)25-8-6-5-7-9-25)30(20-41-44)33(46)42-27-12-15-31(24(18-27)19-40)49-29-16-17-43(22-29)35(48)50-36(2,3)4/h5-15,18,21,29-30,32,41H,16-17,20,22H2,1-4H3,(H,42,46)/t29-,30+,32?/m1/s1. The molecule has 13 heteroatoms. The summed E-state index contributed by atoms with van der Waals surface area (Å²) in [6.07, 6.45) is 1.52. The molecular weight excluding hydrogens is 646 g/mol. The second-order valence-electron chi connectivity index (χ2n) is 13.5. The molecule has 0 aromatic heterocycles. The fourth-order valence-corrected chi connectivity index (χ4v) is 6.32. The average molecular weight is 685 g/mol. The van der Waals surface area contributed by atoms with Crippen molar-refractivity contribution in [1.82, 2.24) is 15.3 Å². The number of nitrogens with one attached hydrogen (secondary N) is 2. The van der Waals surface area contributed by atoms with Crippen molar-refractivity contribution < 1.29 is 32.6 Å². The number of carbonyl (C=O) groups is 3. The molecule has 3 amide bonds. The van der Waals surface area contributed by atoms with Crippen LogP contribution >= 0.6 is 0 Å². The number of anilines is 2. The topological polar surface area (TPSA) is 127 Å². The van der Waals surface area contributed by atoms with Gasteiger partial charge in [0.1, 0.15) is 29.6 Å². The van der Waals surface area contributed by atoms with Gasteiger partial charge in [-0.2, -0.15) is 14.0 Å². The van der Waals surface area contributed by atoms with E-state index >= 15 is 8.78 Å². The van der Waals surface area contributed by atoms with Crippen LogP contribution in [-0.2, 0) is 20.2 Å². The normalized spacial score (nSPS) is 20.6. The van der Waals surface area contributed by atoms with Gasteiger partial charge in [0.15, 0.2) is 0 Å². The average Bonchev–Trinajstić information content (AvgIpc) is 3.73. The minimum atomic E-state index is -3.22. The predicted molar refractivity (Wildman–Crippen MR) is 181 cm³/mol. The Morgan fingerprint density at radius 1 is 1.02 bits per heavy atom. The first-order chi connectivity index (χ1) is 23.7. The zero-order valence-electron chi connectivity index (χ0n) is 28.2. The number of hydrogen-bond acceptors (Lipinski definition) is 8. The summed E-state index contributed by atoms with van der Waals surface area (Å²) in [6, 6.07) is 19.0. The highest BCUT2D eigenvalue weighted by Crippen LogP contribution is 2.38. The second kappa shape index (κ2) is 13.4. The molecule has 0 saturated carbocycles. The number of hydrazine groups is 1. The molecular formula is C37H38F2N6O5. The lowest BCUT2D eigenvalue weighted by molar-refractivity contribution is -0.129. The molecule has 0 aliphatic carbocycles. The number of fused-ring (bicyclic) bond motifs is 1. The fourth-order valence-electron chi connectivity index (χ4n) is 6.32. The maximum absolute atomic E-state index is 15.2. The van der Waals surface area contributed by atoms with E-state index in [1.807, 2.05) is 0 Å². The molecule has 11 nitrogen and oxygen atoms in total. The Balaban J connectivity index is 1.12. The van der Waals surface area contributed by atoms with E-state index in [2.05, 4.69) is 16.8 Å². The van der Waals surface area contributed by atoms with E-state index in [9.17, 15) is 19.6 Å². The van der Waals surface area contributed by atoms with Crippen LogP contribution in [0, 0.1) is 17.2 Å². The molecule has 2 saturated heterocycles. The lowest BCUT2D eigenvalue weighted by atomic mass is 9.96. The molecule has 3 aromatic rings. The van der Waals surface area contributed by atoms with Crippen LogP contribution < -0.4 is 20.4 Å². The summed E-state index contributed by atoms with van der Waals surface area (Å²) in [7, 11) is 0. The Hall–Kier alpha value is -5.48. The summed E-state index contributed by atoms with van der Waals surface area (Å²) in [5.41, 5.74) is 3.62. The number of rotatable bonds is 7. The molecule has 260 valence electrons. The monoisotopic (exact) mass is 684 g/mol. The number of ether oxygens (including phenoxy) is 2. The van der Waals surface area contributed by atoms with Crippen molar-refractivity contribution in [3.05, 3.63) is 101 Å². The van der Waals surface area contributed by atoms with Crippen LogP contribution in [0.2, 0.25) is 0 Å². The molecule has 50 heavy (non-hydrogen) atoms. The molecule has 2 N–H and O–H groups in total. The van der Waals surface area contributed by atoms with Gasteiger partial charge in [-0.25, -0.2) is 10.2 Å². The molecule has 0 radical (unpaired) electrons. The molecule has 6 rings (SSSR count). The van der Waals surface area contributed by atoms with Crippen molar-refractivity contribution >= 4 is 29.3 Å². The van der Waals surface area contributed by atoms with Crippen LogP contribution in [0.25, 0.3) is 0 Å². The van der Waals surface area contributed by atoms with Crippen molar-refractivity contribution in [1.29, 1.82) is 5.26 Å². The number of carbonyl (C=O) groups excluding carboxylic acids is 3. The van der Waals surface area contributed by atoms with Crippen molar-refractivity contribution in [2.45, 2.75) is 57.8 Å². The molecule has 1 unspecified atom stereocenters. The maximum Gasteiger partial charge on any atom is 0.410 e. The third-order valence-corrected chi connectivity index (χ3v) is 8.75. The molecule has 0 bridgehead atoms. The number of benzene rings is 3. The van der Waals surface area contributed by atoms with Gasteiger partial charge in [0.25, 0.3) is 11.8 Å². The number of halogens is 2. The van der Waals surface area contributed by atoms with E-state index in [1.54, 1.807) is 74.1 Å². The largest absolute Gasteiger partial charge is 0.487 e. The summed E-state index contributed by atoms with van der Waals surface area (Å²) in [5, 5.41) is 14.3. The Kier molecular flexibility index (Phi) is 9.24.